The third kappa shape index (κ3) is 25.5. The number of hydrogen-bond donors (Lipinski definition) is 17. The molecule has 0 aliphatic carbocycles. The van der Waals surface area contributed by atoms with Crippen molar-refractivity contribution in [3.8, 4) is 0 Å². The fourth-order valence-corrected chi connectivity index (χ4v) is 26.8. The van der Waals surface area contributed by atoms with Crippen molar-refractivity contribution in [2.24, 2.45) is 0 Å². The van der Waals surface area contributed by atoms with Crippen LogP contribution in [0.3, 0.4) is 0 Å². The van der Waals surface area contributed by atoms with Crippen LogP contribution < -0.4 is 73.7 Å². The molecule has 17 rings (SSSR count). The Balaban J connectivity index is 0.580. The van der Waals surface area contributed by atoms with E-state index >= 15 is 0 Å². The molecule has 10 aromatic heterocycles. The number of hydrogen-bond acceptors (Lipinski definition) is 49. The lowest BCUT2D eigenvalue weighted by atomic mass is 10.1. The lowest BCUT2D eigenvalue weighted by molar-refractivity contribution is -0.0577. The van der Waals surface area contributed by atoms with E-state index < -0.39 is 274 Å². The highest BCUT2D eigenvalue weighted by molar-refractivity contribution is 8.09. The van der Waals surface area contributed by atoms with Crippen molar-refractivity contribution >= 4 is 193 Å². The van der Waals surface area contributed by atoms with Gasteiger partial charge in [-0.3, -0.25) is 71.1 Å². The zero-order valence-corrected chi connectivity index (χ0v) is 88.2. The molecule has 146 heavy (non-hydrogen) atoms. The number of nitrogen functional groups attached to an aromatic ring is 5. The van der Waals surface area contributed by atoms with E-state index in [9.17, 15) is 77.5 Å². The minimum atomic E-state index is -4.77. The molecule has 17 heterocycles. The van der Waals surface area contributed by atoms with Crippen molar-refractivity contribution in [3.63, 3.8) is 0 Å². The van der Waals surface area contributed by atoms with Crippen LogP contribution >= 0.6 is 47.0 Å². The van der Waals surface area contributed by atoms with Gasteiger partial charge in [-0.25, -0.2) is 44.1 Å². The molecule has 7 aliphatic heterocycles. The predicted octanol–water partition coefficient (Wildman–Crippen LogP) is -0.420. The second-order valence-electron chi connectivity index (χ2n) is 34.1. The van der Waals surface area contributed by atoms with E-state index in [0.717, 1.165) is 13.7 Å². The van der Waals surface area contributed by atoms with Crippen LogP contribution in [0.5, 0.6) is 0 Å². The molecule has 7 aliphatic rings. The monoisotopic (exact) mass is 2310 g/mol. The summed E-state index contributed by atoms with van der Waals surface area (Å²) in [5.74, 6) is -0.818. The van der Waals surface area contributed by atoms with Crippen molar-refractivity contribution < 1.29 is 131 Å². The van der Waals surface area contributed by atoms with Gasteiger partial charge in [-0.15, -0.1) is 0 Å². The summed E-state index contributed by atoms with van der Waals surface area (Å²) in [7, 11) is 0. The SMILES string of the molecule is CC[C@H]1O[C@@H](n2cc(C)c(=O)[nH]c2=O)C[C@H]1OP(O)(=S)OC[C@H]1O[C@@H](n2cnc3c(=O)[nH]c(N)nc32)C[C@H]1OP(O)(=S)OC[C@H]1O[C@@H](n2cc(C)c(=O)[nH]c2=O)C[C@H]1OP(O)(=S)OC[C@H]1O[C@@H](n2cc(C)c(N)nc2=O)C[C@H]1OP(O)(=S)OC[C@H]1O[C@@H](n2cc(C)c(N)nc2=O)C[C@H]1OP(O)(=S)OC[C@H]1O[C@@H](n2cnc3c(N)ncnc32)C[C@H]1OP(O)(=S)OC[C@H]1O[C@@H](n2cnc3c(=O)[nH]c(N)nc32)C[C@H]1OP(O)(O)=S. The molecule has 10 aromatic rings. The maximum absolute atomic E-state index is 13.7. The maximum Gasteiger partial charge on any atom is 0.351 e. The van der Waals surface area contributed by atoms with E-state index in [1.807, 2.05) is 0 Å². The van der Waals surface area contributed by atoms with Crippen molar-refractivity contribution in [2.75, 3.05) is 68.3 Å². The highest BCUT2D eigenvalue weighted by Crippen LogP contribution is 2.59. The Hall–Kier alpha value is -7.20. The number of aromatic amines is 4. The van der Waals surface area contributed by atoms with Gasteiger partial charge in [0.25, 0.3) is 22.2 Å². The van der Waals surface area contributed by atoms with Gasteiger partial charge < -0.3 is 160 Å². The molecule has 22 N–H and O–H groups in total. The van der Waals surface area contributed by atoms with Gasteiger partial charge in [0.15, 0.2) is 33.8 Å². The number of H-pyrrole nitrogens is 4. The van der Waals surface area contributed by atoms with E-state index in [4.69, 9.17) is 203 Å². The number of nitrogens with zero attached hydrogens (tertiary/aromatic N) is 16. The van der Waals surface area contributed by atoms with Gasteiger partial charge in [0, 0.05) is 92.0 Å². The Bertz CT molecular complexity index is 7570. The molecular weight excluding hydrogens is 2220 g/mol. The van der Waals surface area contributed by atoms with Gasteiger partial charge in [-0.05, 0) is 117 Å². The standard InChI is InChI=1S/C71H94N25O36P7S7/c1-6-32-33(7-46(119-32)92-16-30(4)62(97)88-70(92)103)127-134(107,141)114-23-45-39(13-52(125-45)96-27-81-55-61(96)85-67(76)87-65(55)100)132-139(112,146)117-21-43-37(11-49(122-43)93-17-31(5)63(98)89-71(93)104)130-137(110,144)116-20-41-35(9-47(120-41)90-14-28(2)56(72)82-68(90)101)128-136(109,143)115-19-42-36(10-48(121-42)91-15-29(3)57(73)83-69(91)102)129-138(111,145)118-22-44-38(12-50(124-44)94-25-79-53-58(74)77-24-78-59(53)94)131-135(108,142)113-18-40-34(126-133(105,106)140)8-51(123-40)95-26-80-54-60(95)84-66(75)86-64(54)99/h14-17,24-27,32-52H,6-13,18-23H2,1-5H3,(H,107,141)(H,108,142)(H,109,143)(H,110,144)(H,111,145)(H,112,146)(H2,72,82,101)(H2,73,83,102)(H2,74,77,78)(H,88,97,103)(H,89,98,104)(H2,105,106,140)(H3,75,84,86,99)(H3,76,85,87,100)/t32-,33-,34-,35-,36-,37-,38-,39-,40-,41-,42-,43-,44-,45-,46-,47-,48-,49-,50-,51-,52-,134?,135?,136?,137?,138?,139?/m1/s1. The number of anilines is 5. The Labute approximate surface area is 853 Å². The molecule has 796 valence electrons. The van der Waals surface area contributed by atoms with Gasteiger partial charge in [0.1, 0.15) is 104 Å². The topological polar surface area (TPSA) is 827 Å². The largest absolute Gasteiger partial charge is 0.383 e. The summed E-state index contributed by atoms with van der Waals surface area (Å²) in [6.45, 7) is -29.0. The molecule has 0 aromatic carbocycles. The predicted molar refractivity (Wildman–Crippen MR) is 530 cm³/mol. The van der Waals surface area contributed by atoms with Crippen molar-refractivity contribution in [3.05, 3.63) is 156 Å². The zero-order valence-electron chi connectivity index (χ0n) is 76.2. The normalized spacial score (nSPS) is 29.1. The van der Waals surface area contributed by atoms with Crippen molar-refractivity contribution in [1.82, 2.24) is 96.8 Å². The Morgan fingerprint density at radius 2 is 0.596 bits per heavy atom. The number of aryl methyl sites for hydroxylation is 4. The third-order valence-electron chi connectivity index (χ3n) is 24.1. The summed E-state index contributed by atoms with van der Waals surface area (Å²) in [5, 5.41) is 0. The first kappa shape index (κ1) is 110. The first-order chi connectivity index (χ1) is 68.7. The van der Waals surface area contributed by atoms with Crippen molar-refractivity contribution in [1.29, 1.82) is 0 Å². The van der Waals surface area contributed by atoms with E-state index in [1.54, 1.807) is 13.8 Å². The van der Waals surface area contributed by atoms with Gasteiger partial charge in [0.2, 0.25) is 11.9 Å². The number of aromatic nitrogens is 20. The zero-order chi connectivity index (χ0) is 105. The lowest BCUT2D eigenvalue weighted by Crippen LogP contribution is -2.33. The molecule has 0 amide bonds. The number of ether oxygens (including phenoxy) is 7. The number of rotatable bonds is 40. The molecule has 0 bridgehead atoms. The van der Waals surface area contributed by atoms with E-state index in [1.165, 1.54) is 89.1 Å². The van der Waals surface area contributed by atoms with Crippen LogP contribution in [0, 0.1) is 27.7 Å². The first-order valence-electron chi connectivity index (χ1n) is 43.7. The van der Waals surface area contributed by atoms with Crippen LogP contribution in [0.4, 0.5) is 29.4 Å². The van der Waals surface area contributed by atoms with Crippen LogP contribution in [-0.2, 0) is 175 Å². The van der Waals surface area contributed by atoms with Crippen LogP contribution in [0.1, 0.15) is 124 Å². The second-order valence-corrected chi connectivity index (χ2v) is 53.5. The van der Waals surface area contributed by atoms with E-state index in [-0.39, 0.29) is 106 Å². The number of fused-ring (bicyclic) bond motifs is 3. The number of nitrogens with one attached hydrogen (secondary N) is 4. The van der Waals surface area contributed by atoms with E-state index in [2.05, 4.69) is 64.8 Å². The smallest absolute Gasteiger partial charge is 0.351 e. The molecule has 27 atom stereocenters. The van der Waals surface area contributed by atoms with Gasteiger partial charge in [-0.2, -0.15) is 19.9 Å². The second kappa shape index (κ2) is 43.7. The highest BCUT2D eigenvalue weighted by atomic mass is 32.5. The molecule has 75 heteroatoms. The fraction of sp³-hybridized carbons (Fsp3) is 0.563. The highest BCUT2D eigenvalue weighted by Gasteiger charge is 2.52. The Morgan fingerprint density at radius 1 is 0.329 bits per heavy atom. The maximum atomic E-state index is 13.7. The summed E-state index contributed by atoms with van der Waals surface area (Å²) in [6, 6.07) is 0. The van der Waals surface area contributed by atoms with Crippen LogP contribution in [0.25, 0.3) is 33.5 Å². The van der Waals surface area contributed by atoms with Gasteiger partial charge in [0.05, 0.1) is 107 Å². The number of imidazole rings is 3. The minimum absolute atomic E-state index is 0.000929. The molecular formula is C71H94N25O36P7S7. The molecule has 7 fully saturated rings. The third-order valence-corrected chi connectivity index (χ3v) is 34.4. The number of nitrogens with two attached hydrogens (primary N) is 5. The Kier molecular flexibility index (Phi) is 33.0. The van der Waals surface area contributed by atoms with Crippen molar-refractivity contribution in [2.45, 2.75) is 215 Å². The molecule has 7 saturated heterocycles. The lowest BCUT2D eigenvalue weighted by Gasteiger charge is -2.29. The van der Waals surface area contributed by atoms with E-state index in [0.29, 0.717) is 17.5 Å². The molecule has 0 spiro atoms. The average Bonchev–Trinajstić information content (AvgIpc) is 1.60. The first-order valence-corrected chi connectivity index (χ1v) is 61.8. The average molecular weight is 2310 g/mol. The fourth-order valence-electron chi connectivity index (χ4n) is 17.1. The van der Waals surface area contributed by atoms with Crippen LogP contribution in [-0.4, -0.2) is 261 Å². The summed E-state index contributed by atoms with van der Waals surface area (Å²) in [4.78, 5) is 244. The summed E-state index contributed by atoms with van der Waals surface area (Å²) in [5.41, 5.74) is 24.6. The summed E-state index contributed by atoms with van der Waals surface area (Å²) >= 11 is 38.6. The molecule has 61 nitrogen and oxygen atoms in total. The van der Waals surface area contributed by atoms with Gasteiger partial charge in [-0.1, -0.05) is 6.92 Å². The molecule has 0 saturated carbocycles. The van der Waals surface area contributed by atoms with Crippen LogP contribution in [0.2, 0.25) is 0 Å². The van der Waals surface area contributed by atoms with Crippen LogP contribution in [0.15, 0.2) is 88.5 Å². The molecule has 0 radical (unpaired) electrons. The quantitative estimate of drug-likeness (QED) is 0.0217. The van der Waals surface area contributed by atoms with Gasteiger partial charge >= 0.3 is 69.8 Å². The summed E-state index contributed by atoms with van der Waals surface area (Å²) < 4.78 is 131. The minimum Gasteiger partial charge on any atom is -0.383 e. The summed E-state index contributed by atoms with van der Waals surface area (Å²) in [6.07, 6.45) is -18.7. The Morgan fingerprint density at radius 3 is 0.904 bits per heavy atom. The molecule has 6 unspecified atom stereocenters.